The number of nitrogens with one attached hydrogen (secondary N) is 1. The fourth-order valence-electron chi connectivity index (χ4n) is 4.56. The van der Waals surface area contributed by atoms with E-state index in [4.69, 9.17) is 0 Å². The van der Waals surface area contributed by atoms with Gasteiger partial charge in [0.2, 0.25) is 5.16 Å². The van der Waals surface area contributed by atoms with Crippen molar-refractivity contribution in [2.24, 2.45) is 13.0 Å². The summed E-state index contributed by atoms with van der Waals surface area (Å²) >= 11 is 1.13. The smallest absolute Gasteiger partial charge is 0.353 e. The van der Waals surface area contributed by atoms with Crippen molar-refractivity contribution < 1.29 is 29.7 Å². The molecule has 14 heteroatoms. The quantitative estimate of drug-likeness (QED) is 0.337. The summed E-state index contributed by atoms with van der Waals surface area (Å²) in [6, 6.07) is 2.53. The number of carboxylic acid groups (broad SMARTS) is 1. The number of aryl methyl sites for hydroxylation is 1. The number of likely N-dealkylation sites (tertiary alicyclic amines) is 1. The molecule has 0 radical (unpaired) electrons. The first-order valence-corrected chi connectivity index (χ1v) is 10.9. The number of nitrogens with zero attached hydrogens (tertiary/aromatic N) is 6. The number of amides is 3. The predicted octanol–water partition coefficient (Wildman–Crippen LogP) is -0.166. The Morgan fingerprint density at radius 1 is 1.27 bits per heavy atom. The Hall–Kier alpha value is -3.81. The number of urea groups is 1. The van der Waals surface area contributed by atoms with Crippen LogP contribution in [-0.2, 0) is 23.2 Å². The van der Waals surface area contributed by atoms with Crippen LogP contribution < -0.4 is 5.32 Å². The van der Waals surface area contributed by atoms with Gasteiger partial charge in [-0.15, -0.1) is 5.10 Å². The maximum atomic E-state index is 12.9. The number of rotatable bonds is 5. The predicted molar refractivity (Wildman–Crippen MR) is 111 cm³/mol. The van der Waals surface area contributed by atoms with Crippen molar-refractivity contribution in [3.05, 3.63) is 34.4 Å². The van der Waals surface area contributed by atoms with Crippen LogP contribution in [0.5, 0.6) is 11.5 Å². The molecular formula is C19H19N7O6S. The lowest BCUT2D eigenvalue weighted by molar-refractivity contribution is -0.160. The Morgan fingerprint density at radius 2 is 2.06 bits per heavy atom. The molecule has 0 saturated carbocycles. The summed E-state index contributed by atoms with van der Waals surface area (Å²) in [6.45, 7) is 0.354. The van der Waals surface area contributed by atoms with Gasteiger partial charge >= 0.3 is 12.0 Å². The summed E-state index contributed by atoms with van der Waals surface area (Å²) < 4.78 is 1.43. The van der Waals surface area contributed by atoms with E-state index in [1.807, 2.05) is 0 Å². The Morgan fingerprint density at radius 3 is 2.73 bits per heavy atom. The lowest BCUT2D eigenvalue weighted by Crippen LogP contribution is -2.74. The first-order chi connectivity index (χ1) is 15.8. The number of carbonyl (C=O) groups is 3. The molecule has 4 N–H and O–H groups in total. The topological polar surface area (TPSA) is 174 Å². The first kappa shape index (κ1) is 21.1. The maximum absolute atomic E-state index is 12.9. The van der Waals surface area contributed by atoms with E-state index in [1.165, 1.54) is 26.6 Å². The molecular weight excluding hydrogens is 454 g/mol. The van der Waals surface area contributed by atoms with E-state index in [2.05, 4.69) is 20.8 Å². The van der Waals surface area contributed by atoms with Gasteiger partial charge in [-0.1, -0.05) is 6.07 Å². The van der Waals surface area contributed by atoms with Gasteiger partial charge < -0.3 is 25.5 Å². The van der Waals surface area contributed by atoms with Gasteiger partial charge in [-0.05, 0) is 46.3 Å². The second kappa shape index (κ2) is 7.65. The van der Waals surface area contributed by atoms with Crippen molar-refractivity contribution in [2.75, 3.05) is 6.54 Å². The summed E-state index contributed by atoms with van der Waals surface area (Å²) in [7, 11) is 1.64. The Kier molecular flexibility index (Phi) is 4.88. The second-order valence-electron chi connectivity index (χ2n) is 7.92. The molecule has 3 aliphatic heterocycles. The fourth-order valence-corrected chi connectivity index (χ4v) is 5.70. The van der Waals surface area contributed by atoms with Crippen LogP contribution in [0.25, 0.3) is 0 Å². The Bertz CT molecular complexity index is 1210. The third-order valence-corrected chi connectivity index (χ3v) is 7.33. The van der Waals surface area contributed by atoms with Gasteiger partial charge in [-0.2, -0.15) is 0 Å². The molecule has 1 unspecified atom stereocenters. The van der Waals surface area contributed by atoms with E-state index in [9.17, 15) is 29.7 Å². The van der Waals surface area contributed by atoms with Crippen LogP contribution in [0, 0.1) is 5.92 Å². The summed E-state index contributed by atoms with van der Waals surface area (Å²) in [6.07, 6.45) is 0.475. The highest BCUT2D eigenvalue weighted by Crippen LogP contribution is 2.53. The summed E-state index contributed by atoms with van der Waals surface area (Å²) in [5.74, 6) is -2.45. The highest BCUT2D eigenvalue weighted by atomic mass is 32.2. The largest absolute Gasteiger partial charge is 0.504 e. The molecule has 1 aromatic carbocycles. The van der Waals surface area contributed by atoms with Crippen LogP contribution in [0.1, 0.15) is 12.0 Å². The summed E-state index contributed by atoms with van der Waals surface area (Å²) in [5, 5.41) is 43.2. The van der Waals surface area contributed by atoms with Gasteiger partial charge in [0.05, 0.1) is 6.04 Å². The van der Waals surface area contributed by atoms with Crippen LogP contribution >= 0.6 is 11.8 Å². The van der Waals surface area contributed by atoms with Gasteiger partial charge in [0.1, 0.15) is 11.7 Å². The number of aliphatic carboxylic acids is 1. The molecule has 172 valence electrons. The van der Waals surface area contributed by atoms with Gasteiger partial charge in [-0.25, -0.2) is 14.3 Å². The van der Waals surface area contributed by atoms with Crippen LogP contribution in [0.15, 0.2) is 34.0 Å². The highest BCUT2D eigenvalue weighted by Gasteiger charge is 2.64. The van der Waals surface area contributed by atoms with Crippen molar-refractivity contribution in [1.82, 2.24) is 35.3 Å². The molecule has 3 atom stereocenters. The third-order valence-electron chi connectivity index (χ3n) is 6.08. The summed E-state index contributed by atoms with van der Waals surface area (Å²) in [5.41, 5.74) is 0.489. The molecule has 3 aliphatic rings. The van der Waals surface area contributed by atoms with E-state index in [1.54, 1.807) is 13.1 Å². The minimum Gasteiger partial charge on any atom is -0.504 e. The Labute approximate surface area is 190 Å². The number of benzene rings is 1. The van der Waals surface area contributed by atoms with E-state index < -0.39 is 30.0 Å². The van der Waals surface area contributed by atoms with Crippen molar-refractivity contribution in [3.8, 4) is 11.5 Å². The number of β-lactam (4-membered cyclic amide) rings is 1. The third kappa shape index (κ3) is 3.25. The molecule has 1 aromatic heterocycles. The highest BCUT2D eigenvalue weighted by molar-refractivity contribution is 8.03. The van der Waals surface area contributed by atoms with Crippen molar-refractivity contribution >= 4 is 29.7 Å². The standard InChI is InChI=1S/C19H19N7O6S/c1-24-19(21-22-23-24)33-15-9-4-5-25(13-12(9)26(16(13)29)14(15)17(30)31)18(32)20-7-8-2-3-10(27)11(28)6-8/h2-3,6,9,12-13,27-28H,4-5,7H2,1H3,(H,20,32)(H,30,31)/t9?,12-,13+/m1/s1. The van der Waals surface area contributed by atoms with E-state index in [0.29, 0.717) is 22.0 Å². The average molecular weight is 473 g/mol. The van der Waals surface area contributed by atoms with Crippen molar-refractivity contribution in [3.63, 3.8) is 0 Å². The molecule has 3 amide bonds. The lowest BCUT2D eigenvalue weighted by Gasteiger charge is -2.53. The first-order valence-electron chi connectivity index (χ1n) is 10.0. The minimum absolute atomic E-state index is 0.0823. The van der Waals surface area contributed by atoms with E-state index >= 15 is 0 Å². The maximum Gasteiger partial charge on any atom is 0.353 e. The number of carbonyl (C=O) groups excluding carboxylic acids is 2. The zero-order valence-corrected chi connectivity index (χ0v) is 18.1. The van der Waals surface area contributed by atoms with Crippen molar-refractivity contribution in [2.45, 2.75) is 30.2 Å². The van der Waals surface area contributed by atoms with Crippen LogP contribution in [0.4, 0.5) is 4.79 Å². The van der Waals surface area contributed by atoms with Gasteiger partial charge in [-0.3, -0.25) is 9.69 Å². The molecule has 2 fully saturated rings. The SMILES string of the molecule is Cn1nnnc1SC1=C(C(=O)O)N2C(=O)[C@@H]3[C@H]2C1CCN3C(=O)NCc1ccc(O)c(O)c1. The molecule has 0 spiro atoms. The summed E-state index contributed by atoms with van der Waals surface area (Å²) in [4.78, 5) is 41.0. The number of aromatic nitrogens is 4. The number of hydrogen-bond donors (Lipinski definition) is 4. The van der Waals surface area contributed by atoms with Crippen LogP contribution in [0.3, 0.4) is 0 Å². The molecule has 4 heterocycles. The Balaban J connectivity index is 1.34. The molecule has 2 aromatic rings. The molecule has 5 rings (SSSR count). The van der Waals surface area contributed by atoms with Gasteiger partial charge in [0.25, 0.3) is 5.91 Å². The van der Waals surface area contributed by atoms with Crippen LogP contribution in [-0.4, -0.2) is 81.9 Å². The van der Waals surface area contributed by atoms with Gasteiger partial charge in [0, 0.05) is 31.0 Å². The average Bonchev–Trinajstić information content (AvgIpc) is 3.33. The lowest BCUT2D eigenvalue weighted by atomic mass is 9.81. The number of carboxylic acids is 1. The zero-order chi connectivity index (χ0) is 23.4. The molecule has 2 saturated heterocycles. The molecule has 0 bridgehead atoms. The second-order valence-corrected chi connectivity index (χ2v) is 8.93. The molecule has 33 heavy (non-hydrogen) atoms. The number of tetrazole rings is 1. The monoisotopic (exact) mass is 473 g/mol. The number of phenolic OH excluding ortho intramolecular Hbond substituents is 2. The minimum atomic E-state index is -1.21. The molecule has 13 nitrogen and oxygen atoms in total. The number of phenols is 2. The number of hydrogen-bond acceptors (Lipinski definition) is 9. The zero-order valence-electron chi connectivity index (χ0n) is 17.2. The number of aromatic hydroxyl groups is 2. The fraction of sp³-hybridized carbons (Fsp3) is 0.368. The number of thioether (sulfide) groups is 1. The van der Waals surface area contributed by atoms with E-state index in [0.717, 1.165) is 11.8 Å². The molecule has 0 aliphatic carbocycles. The van der Waals surface area contributed by atoms with E-state index in [-0.39, 0.29) is 36.2 Å². The van der Waals surface area contributed by atoms with Gasteiger partial charge in [0.15, 0.2) is 11.5 Å². The van der Waals surface area contributed by atoms with Crippen LogP contribution in [0.2, 0.25) is 0 Å². The normalized spacial score (nSPS) is 23.4. The number of piperidine rings is 1. The van der Waals surface area contributed by atoms with Crippen molar-refractivity contribution in [1.29, 1.82) is 0 Å².